The van der Waals surface area contributed by atoms with E-state index in [-0.39, 0.29) is 31.6 Å². The van der Waals surface area contributed by atoms with Gasteiger partial charge in [-0.2, -0.15) is 0 Å². The fourth-order valence-electron chi connectivity index (χ4n) is 5.74. The van der Waals surface area contributed by atoms with E-state index in [0.717, 1.165) is 11.1 Å². The second-order valence-electron chi connectivity index (χ2n) is 11.8. The van der Waals surface area contributed by atoms with Crippen molar-refractivity contribution in [2.24, 2.45) is 0 Å². The number of hydrogen-bond acceptors (Lipinski definition) is 10. The van der Waals surface area contributed by atoms with Gasteiger partial charge in [0, 0.05) is 29.4 Å². The fourth-order valence-corrected chi connectivity index (χ4v) is 5.74. The second kappa shape index (κ2) is 13.3. The average molecular weight is 607 g/mol. The molecule has 6 rings (SSSR count). The summed E-state index contributed by atoms with van der Waals surface area (Å²) in [4.78, 5) is 40.1. The number of aryl methyl sites for hydroxylation is 2. The Hall–Kier alpha value is -3.99. The molecule has 234 valence electrons. The summed E-state index contributed by atoms with van der Waals surface area (Å²) in [5, 5.41) is 19.4. The van der Waals surface area contributed by atoms with E-state index in [1.165, 1.54) is 0 Å². The molecule has 2 N–H and O–H groups in total. The molecule has 2 atom stereocenters. The molecule has 2 aromatic carbocycles. The van der Waals surface area contributed by atoms with Gasteiger partial charge in [0.2, 0.25) is 0 Å². The molecule has 0 radical (unpaired) electrons. The van der Waals surface area contributed by atoms with Gasteiger partial charge in [0.05, 0.1) is 18.8 Å². The molecule has 0 spiro atoms. The highest BCUT2D eigenvalue weighted by atomic mass is 16.6. The van der Waals surface area contributed by atoms with Crippen LogP contribution in [0.1, 0.15) is 68.4 Å². The highest BCUT2D eigenvalue weighted by Crippen LogP contribution is 2.47. The van der Waals surface area contributed by atoms with Crippen molar-refractivity contribution < 1.29 is 43.2 Å². The smallest absolute Gasteiger partial charge is 0.339 e. The zero-order valence-electron chi connectivity index (χ0n) is 25.2. The predicted octanol–water partition coefficient (Wildman–Crippen LogP) is 4.25. The normalized spacial score (nSPS) is 21.6. The van der Waals surface area contributed by atoms with Crippen LogP contribution in [0.3, 0.4) is 0 Å². The fraction of sp³-hybridized carbons (Fsp3) is 0.441. The Morgan fingerprint density at radius 2 is 1.68 bits per heavy atom. The number of benzene rings is 2. The minimum absolute atomic E-state index is 0.119. The summed E-state index contributed by atoms with van der Waals surface area (Å²) < 4.78 is 29.4. The molecule has 4 heterocycles. The molecule has 44 heavy (non-hydrogen) atoms. The maximum atomic E-state index is 13.8. The molecule has 0 aliphatic carbocycles. The van der Waals surface area contributed by atoms with Crippen LogP contribution in [0.25, 0.3) is 11.0 Å². The third-order valence-electron chi connectivity index (χ3n) is 8.22. The number of aliphatic hydroxyl groups is 2. The van der Waals surface area contributed by atoms with Crippen molar-refractivity contribution in [1.29, 1.82) is 0 Å². The largest absolute Gasteiger partial charge is 0.483 e. The van der Waals surface area contributed by atoms with Crippen LogP contribution in [-0.2, 0) is 43.1 Å². The van der Waals surface area contributed by atoms with Gasteiger partial charge >= 0.3 is 17.6 Å². The van der Waals surface area contributed by atoms with Gasteiger partial charge in [0.25, 0.3) is 0 Å². The van der Waals surface area contributed by atoms with Crippen molar-refractivity contribution in [2.75, 3.05) is 20.0 Å². The number of hydrogen-bond donors (Lipinski definition) is 2. The van der Waals surface area contributed by atoms with Gasteiger partial charge in [-0.3, -0.25) is 4.79 Å². The highest BCUT2D eigenvalue weighted by molar-refractivity contribution is 5.90. The molecule has 3 aliphatic rings. The molecular weight excluding hydrogens is 568 g/mol. The second-order valence-corrected chi connectivity index (χ2v) is 11.8. The van der Waals surface area contributed by atoms with Crippen LogP contribution >= 0.6 is 0 Å². The lowest BCUT2D eigenvalue weighted by molar-refractivity contribution is -0.188. The van der Waals surface area contributed by atoms with Gasteiger partial charge in [-0.15, -0.1) is 0 Å². The Bertz CT molecular complexity index is 1620. The third kappa shape index (κ3) is 6.72. The zero-order valence-corrected chi connectivity index (χ0v) is 25.2. The standard InChI is InChI=1S/C34H38O10/c1-20(18-35)25-13-11-22-9-7-21(8-10-22)5-4-6-27(37)41-30-28-26(44-34(2,3)31(30)43-33(25)39)14-12-23-17-24(15-16-40-19-36)32(38)42-29(23)28/h7-10,12,14,17,30-31,35-36H,4-6,11,13,15-16,18-19H2,1-3H3. The summed E-state index contributed by atoms with van der Waals surface area (Å²) in [6, 6.07) is 13.2. The minimum atomic E-state index is -1.15. The first-order valence-corrected chi connectivity index (χ1v) is 14.9. The molecule has 0 fully saturated rings. The summed E-state index contributed by atoms with van der Waals surface area (Å²) in [5.74, 6) is -0.814. The summed E-state index contributed by atoms with van der Waals surface area (Å²) in [7, 11) is 0. The van der Waals surface area contributed by atoms with E-state index in [0.29, 0.717) is 59.1 Å². The van der Waals surface area contributed by atoms with Gasteiger partial charge in [-0.25, -0.2) is 9.59 Å². The Morgan fingerprint density at radius 3 is 2.39 bits per heavy atom. The molecule has 3 aromatic rings. The Balaban J connectivity index is 1.61. The van der Waals surface area contributed by atoms with Crippen LogP contribution in [-0.4, -0.2) is 53.9 Å². The summed E-state index contributed by atoms with van der Waals surface area (Å²) in [6.45, 7) is 4.49. The lowest BCUT2D eigenvalue weighted by atomic mass is 9.86. The van der Waals surface area contributed by atoms with E-state index >= 15 is 0 Å². The number of esters is 2. The maximum absolute atomic E-state index is 13.8. The first-order valence-electron chi connectivity index (χ1n) is 14.9. The van der Waals surface area contributed by atoms with Crippen LogP contribution in [0.2, 0.25) is 0 Å². The molecular formula is C34H38O10. The van der Waals surface area contributed by atoms with E-state index in [1.54, 1.807) is 39.0 Å². The van der Waals surface area contributed by atoms with Gasteiger partial charge in [-0.1, -0.05) is 24.3 Å². The lowest BCUT2D eigenvalue weighted by Gasteiger charge is -2.43. The van der Waals surface area contributed by atoms with Crippen molar-refractivity contribution in [3.05, 3.63) is 86.3 Å². The zero-order chi connectivity index (χ0) is 31.4. The number of aliphatic hydroxyl groups excluding tert-OH is 2. The van der Waals surface area contributed by atoms with Crippen LogP contribution < -0.4 is 10.4 Å². The third-order valence-corrected chi connectivity index (χ3v) is 8.22. The molecule has 3 aliphatic heterocycles. The predicted molar refractivity (Wildman–Crippen MR) is 160 cm³/mol. The number of rotatable bonds is 5. The molecule has 1 aromatic heterocycles. The summed E-state index contributed by atoms with van der Waals surface area (Å²) in [5.41, 5.74) is 1.96. The number of ether oxygens (including phenoxy) is 4. The van der Waals surface area contributed by atoms with Gasteiger partial charge in [-0.05, 0) is 81.4 Å². The monoisotopic (exact) mass is 606 g/mol. The Kier molecular flexibility index (Phi) is 9.53. The molecule has 2 bridgehead atoms. The van der Waals surface area contributed by atoms with E-state index in [9.17, 15) is 19.5 Å². The van der Waals surface area contributed by atoms with E-state index in [2.05, 4.69) is 0 Å². The lowest BCUT2D eigenvalue weighted by Crippen LogP contribution is -2.52. The number of carbonyl (C=O) groups is 2. The van der Waals surface area contributed by atoms with Crippen molar-refractivity contribution in [2.45, 2.75) is 77.1 Å². The maximum Gasteiger partial charge on any atom is 0.339 e. The topological polar surface area (TPSA) is 142 Å². The van der Waals surface area contributed by atoms with Gasteiger partial charge in [0.1, 0.15) is 23.7 Å². The molecule has 10 heteroatoms. The quantitative estimate of drug-likeness (QED) is 0.142. The van der Waals surface area contributed by atoms with Crippen molar-refractivity contribution in [3.8, 4) is 5.75 Å². The molecule has 0 saturated heterocycles. The summed E-state index contributed by atoms with van der Waals surface area (Å²) in [6.07, 6.45) is 0.201. The van der Waals surface area contributed by atoms with E-state index < -0.39 is 42.2 Å². The van der Waals surface area contributed by atoms with E-state index in [4.69, 9.17) is 28.5 Å². The van der Waals surface area contributed by atoms with Crippen LogP contribution in [0.4, 0.5) is 0 Å². The van der Waals surface area contributed by atoms with Crippen LogP contribution in [0, 0.1) is 0 Å². The SMILES string of the molecule is CC(CO)=C1CCc2ccc(cc2)CCCC(=O)OC2c3c(ccc4cc(CCOCO)c(=O)oc34)OC(C)(C)C2OC1=O. The summed E-state index contributed by atoms with van der Waals surface area (Å²) >= 11 is 0. The van der Waals surface area contributed by atoms with Gasteiger partial charge < -0.3 is 33.6 Å². The van der Waals surface area contributed by atoms with Crippen LogP contribution in [0.5, 0.6) is 5.75 Å². The number of fused-ring (bicyclic) bond motifs is 13. The van der Waals surface area contributed by atoms with E-state index in [1.807, 2.05) is 24.3 Å². The molecule has 0 amide bonds. The Morgan fingerprint density at radius 1 is 0.955 bits per heavy atom. The molecule has 10 nitrogen and oxygen atoms in total. The van der Waals surface area contributed by atoms with Crippen molar-refractivity contribution >= 4 is 22.9 Å². The average Bonchev–Trinajstić information content (AvgIpc) is 2.99. The van der Waals surface area contributed by atoms with Crippen molar-refractivity contribution in [3.63, 3.8) is 0 Å². The number of carbonyl (C=O) groups excluding carboxylic acids is 2. The van der Waals surface area contributed by atoms with Crippen LogP contribution in [0.15, 0.2) is 62.8 Å². The molecule has 2 unspecified atom stereocenters. The van der Waals surface area contributed by atoms with Gasteiger partial charge in [0.15, 0.2) is 12.2 Å². The first-order chi connectivity index (χ1) is 21.1. The first kappa shape index (κ1) is 31.4. The molecule has 0 saturated carbocycles. The highest BCUT2D eigenvalue weighted by Gasteiger charge is 2.50. The Labute approximate surface area is 255 Å². The van der Waals surface area contributed by atoms with Crippen molar-refractivity contribution in [1.82, 2.24) is 0 Å². The minimum Gasteiger partial charge on any atom is -0.483 e.